The molecule has 0 fully saturated rings. The van der Waals surface area contributed by atoms with Crippen LogP contribution in [-0.2, 0) is 0 Å². The average Bonchev–Trinajstić information content (AvgIpc) is 1.46. The van der Waals surface area contributed by atoms with Crippen molar-refractivity contribution in [3.63, 3.8) is 0 Å². The maximum absolute atomic E-state index is 4.90. The van der Waals surface area contributed by atoms with Gasteiger partial charge in [0.05, 0.1) is 0 Å². The Morgan fingerprint density at radius 1 is 1.20 bits per heavy atom. The van der Waals surface area contributed by atoms with Gasteiger partial charge in [-0.25, -0.2) is 0 Å². The zero-order chi connectivity index (χ0) is 4.71. The zero-order valence-electron chi connectivity index (χ0n) is 2.84. The van der Waals surface area contributed by atoms with Gasteiger partial charge in [-0.1, -0.05) is 0 Å². The minimum absolute atomic E-state index is 0.639. The Hall–Kier alpha value is 2.23. The molecule has 5 heavy (non-hydrogen) atoms. The van der Waals surface area contributed by atoms with Crippen molar-refractivity contribution in [2.45, 2.75) is 0 Å². The van der Waals surface area contributed by atoms with E-state index in [2.05, 4.69) is 9.80 Å². The van der Waals surface area contributed by atoms with Gasteiger partial charge in [0.25, 0.3) is 0 Å². The van der Waals surface area contributed by atoms with Crippen LogP contribution in [0.3, 0.4) is 0 Å². The van der Waals surface area contributed by atoms with Crippen LogP contribution >= 0.6 is 27.9 Å². The molecule has 0 nitrogen and oxygen atoms in total. The van der Waals surface area contributed by atoms with Gasteiger partial charge in [0.1, 0.15) is 0 Å². The van der Waals surface area contributed by atoms with Gasteiger partial charge in [0.15, 0.2) is 0 Å². The van der Waals surface area contributed by atoms with E-state index in [1.165, 1.54) is 16.7 Å². The molecule has 0 heterocycles. The Balaban J connectivity index is 0. The molecule has 0 aromatic rings. The molecule has 0 unspecified atom stereocenters. The van der Waals surface area contributed by atoms with E-state index in [1.807, 2.05) is 0 Å². The molecule has 0 aliphatic carbocycles. The van der Waals surface area contributed by atoms with Crippen molar-refractivity contribution >= 4 is 62.8 Å². The van der Waals surface area contributed by atoms with Crippen molar-refractivity contribution in [1.82, 2.24) is 0 Å². The van der Waals surface area contributed by atoms with Crippen LogP contribution in [0.25, 0.3) is 0 Å². The molecule has 0 aliphatic rings. The quantitative estimate of drug-likeness (QED) is 0.442. The van der Waals surface area contributed by atoms with Crippen molar-refractivity contribution in [3.8, 4) is 0 Å². The van der Waals surface area contributed by atoms with Gasteiger partial charge in [-0.05, 0) is 0 Å². The Morgan fingerprint density at radius 2 is 1.20 bits per heavy atom. The molecule has 5 heteroatoms. The summed E-state index contributed by atoms with van der Waals surface area (Å²) in [6.07, 6.45) is 0. The predicted molar refractivity (Wildman–Crippen MR) is 29.1 cm³/mol. The molecule has 0 bridgehead atoms. The average molecular weight is 138 g/mol. The molecular formula is Cl3LiMg. The molecule has 0 atom stereocenters. The van der Waals surface area contributed by atoms with E-state index in [0.29, 0.717) is 0 Å². The Morgan fingerprint density at radius 3 is 1.20 bits per heavy atom. The van der Waals surface area contributed by atoms with E-state index in [1.54, 1.807) is 0 Å². The molecule has 0 amide bonds. The van der Waals surface area contributed by atoms with Gasteiger partial charge >= 0.3 is 44.7 Å². The molecular weight excluding hydrogens is 138 g/mol. The third kappa shape index (κ3) is 22.4. The van der Waals surface area contributed by atoms with Gasteiger partial charge in [0.2, 0.25) is 0 Å². The molecule has 0 rings (SSSR count). The fourth-order valence-electron chi connectivity index (χ4n) is 0. The van der Waals surface area contributed by atoms with Crippen LogP contribution in [0.5, 0.6) is 0 Å². The minimum atomic E-state index is -0.639. The van der Waals surface area contributed by atoms with E-state index in [9.17, 15) is 0 Å². The number of hydrogen-bond acceptors (Lipinski definition) is 0. The second-order valence-corrected chi connectivity index (χ2v) is 2.73. The van der Waals surface area contributed by atoms with Gasteiger partial charge in [-0.15, -0.1) is 0 Å². The third-order valence-corrected chi connectivity index (χ3v) is 0. The van der Waals surface area contributed by atoms with E-state index < -0.39 is 18.2 Å². The van der Waals surface area contributed by atoms with Crippen LogP contribution in [0.1, 0.15) is 0 Å². The monoisotopic (exact) mass is 136 g/mol. The predicted octanol–water partition coefficient (Wildman–Crippen LogP) is 1.31. The van der Waals surface area contributed by atoms with Gasteiger partial charge in [-0.3, -0.25) is 0 Å². The van der Waals surface area contributed by atoms with Crippen LogP contribution in [0.4, 0.5) is 0 Å². The van der Waals surface area contributed by atoms with Crippen LogP contribution in [0.2, 0.25) is 0 Å². The van der Waals surface area contributed by atoms with Crippen molar-refractivity contribution in [1.29, 1.82) is 0 Å². The molecule has 0 N–H and O–H groups in total. The molecule has 0 aromatic heterocycles. The summed E-state index contributed by atoms with van der Waals surface area (Å²) in [6, 6.07) is 0. The maximum atomic E-state index is 4.90. The summed E-state index contributed by atoms with van der Waals surface area (Å²) in [6.45, 7) is 0. The Bertz CT molecular complexity index is 6.85. The zero-order valence-corrected chi connectivity index (χ0v) is 6.52. The number of hydrogen-bond donors (Lipinski definition) is 0. The van der Waals surface area contributed by atoms with Gasteiger partial charge in [-0.2, -0.15) is 0 Å². The molecule has 0 aromatic carbocycles. The van der Waals surface area contributed by atoms with E-state index in [-0.39, 0.29) is 0 Å². The van der Waals surface area contributed by atoms with Crippen LogP contribution in [0.15, 0.2) is 0 Å². The Labute approximate surface area is 62.1 Å². The van der Waals surface area contributed by atoms with E-state index in [4.69, 9.17) is 18.1 Å². The Kier molecular flexibility index (Phi) is 33.5. The molecule has 0 saturated carbocycles. The summed E-state index contributed by atoms with van der Waals surface area (Å²) in [7, 11) is 14.4. The normalized spacial score (nSPS) is 3.40. The number of halogens is 3. The second-order valence-electron chi connectivity index (χ2n) is 0.101. The van der Waals surface area contributed by atoms with E-state index >= 15 is 0 Å². The fourth-order valence-corrected chi connectivity index (χ4v) is 0. The fraction of sp³-hybridized carbons (Fsp3) is 0. The first-order valence-corrected chi connectivity index (χ1v) is 5.94. The SMILES string of the molecule is [Cl][Mg][Cl].[Li][Cl]. The first kappa shape index (κ1) is 10.3. The standard InChI is InChI=1S/3ClH.Li.Mg/h3*1H;;/q;;;+1;+2/p-3. The summed E-state index contributed by atoms with van der Waals surface area (Å²) in [5, 5.41) is 0. The molecule has 0 radical (unpaired) electrons. The van der Waals surface area contributed by atoms with Crippen LogP contribution in [-0.4, -0.2) is 34.9 Å². The molecule has 0 saturated heterocycles. The van der Waals surface area contributed by atoms with Crippen molar-refractivity contribution in [2.75, 3.05) is 0 Å². The summed E-state index contributed by atoms with van der Waals surface area (Å²) in [5.41, 5.74) is 0. The van der Waals surface area contributed by atoms with Crippen molar-refractivity contribution in [3.05, 3.63) is 0 Å². The molecule has 0 aliphatic heterocycles. The van der Waals surface area contributed by atoms with E-state index in [0.717, 1.165) is 0 Å². The topological polar surface area (TPSA) is 0 Å². The molecule has 24 valence electrons. The van der Waals surface area contributed by atoms with Crippen molar-refractivity contribution in [2.24, 2.45) is 0 Å². The first-order chi connectivity index (χ1) is 2.41. The summed E-state index contributed by atoms with van der Waals surface area (Å²) >= 11 is 0.833. The van der Waals surface area contributed by atoms with Gasteiger partial charge < -0.3 is 18.1 Å². The van der Waals surface area contributed by atoms with Crippen molar-refractivity contribution < 1.29 is 0 Å². The summed E-state index contributed by atoms with van der Waals surface area (Å²) in [5.74, 6) is 0. The summed E-state index contributed by atoms with van der Waals surface area (Å²) in [4.78, 5) is 0. The first-order valence-electron chi connectivity index (χ1n) is 0.912. The second kappa shape index (κ2) is 16.3. The number of rotatable bonds is 0. The third-order valence-electron chi connectivity index (χ3n) is 0. The summed E-state index contributed by atoms with van der Waals surface area (Å²) < 4.78 is 0. The molecule has 0 spiro atoms. The van der Waals surface area contributed by atoms with Crippen LogP contribution < -0.4 is 0 Å². The van der Waals surface area contributed by atoms with Crippen LogP contribution in [0, 0.1) is 0 Å². The van der Waals surface area contributed by atoms with Gasteiger partial charge in [0, 0.05) is 0 Å².